The molecule has 1 aromatic heterocycles. The van der Waals surface area contributed by atoms with Crippen molar-refractivity contribution in [2.45, 2.75) is 27.2 Å². The average molecular weight is 343 g/mol. The Hall–Kier alpha value is -3.01. The lowest BCUT2D eigenvalue weighted by atomic mass is 10.1. The number of aryl methyl sites for hydroxylation is 1. The molecule has 1 heterocycles. The van der Waals surface area contributed by atoms with E-state index in [9.17, 15) is 10.0 Å². The minimum absolute atomic E-state index is 0.00972. The van der Waals surface area contributed by atoms with Crippen molar-refractivity contribution in [2.75, 3.05) is 13.2 Å². The van der Waals surface area contributed by atoms with E-state index in [-0.39, 0.29) is 24.0 Å². The minimum atomic E-state index is -0.637. The molecule has 0 saturated carbocycles. The van der Waals surface area contributed by atoms with Gasteiger partial charge in [0.15, 0.2) is 11.5 Å². The SMILES string of the molecule is CCOC(=O)c1c(C)nc(-c2ccccc2OCC(C)CC#N)n1O. The number of rotatable bonds is 7. The van der Waals surface area contributed by atoms with Crippen molar-refractivity contribution < 1.29 is 19.5 Å². The first-order chi connectivity index (χ1) is 12.0. The standard InChI is InChI=1S/C18H21N3O4/c1-4-24-18(22)16-13(3)20-17(21(16)23)14-7-5-6-8-15(14)25-11-12(2)9-10-19/h5-8,12,23H,4,9,11H2,1-3H3. The molecule has 132 valence electrons. The summed E-state index contributed by atoms with van der Waals surface area (Å²) in [6.45, 7) is 5.80. The number of esters is 1. The monoisotopic (exact) mass is 343 g/mol. The van der Waals surface area contributed by atoms with Crippen LogP contribution in [0.2, 0.25) is 0 Å². The fourth-order valence-electron chi connectivity index (χ4n) is 2.35. The Balaban J connectivity index is 2.35. The fourth-order valence-corrected chi connectivity index (χ4v) is 2.35. The van der Waals surface area contributed by atoms with Crippen molar-refractivity contribution in [3.8, 4) is 23.2 Å². The first-order valence-corrected chi connectivity index (χ1v) is 8.04. The first kappa shape index (κ1) is 18.3. The number of nitriles is 1. The second-order valence-corrected chi connectivity index (χ2v) is 5.68. The Morgan fingerprint density at radius 3 is 2.84 bits per heavy atom. The molecule has 2 aromatic rings. The summed E-state index contributed by atoms with van der Waals surface area (Å²) >= 11 is 0. The molecule has 1 N–H and O–H groups in total. The predicted molar refractivity (Wildman–Crippen MR) is 90.4 cm³/mol. The third-order valence-corrected chi connectivity index (χ3v) is 3.59. The molecule has 7 nitrogen and oxygen atoms in total. The van der Waals surface area contributed by atoms with Crippen molar-refractivity contribution in [1.82, 2.24) is 9.71 Å². The quantitative estimate of drug-likeness (QED) is 0.612. The minimum Gasteiger partial charge on any atom is -0.493 e. The van der Waals surface area contributed by atoms with Crippen molar-refractivity contribution in [3.63, 3.8) is 0 Å². The number of aromatic nitrogens is 2. The van der Waals surface area contributed by atoms with Gasteiger partial charge in [0.05, 0.1) is 30.5 Å². The summed E-state index contributed by atoms with van der Waals surface area (Å²) in [4.78, 5) is 16.3. The first-order valence-electron chi connectivity index (χ1n) is 8.04. The van der Waals surface area contributed by atoms with E-state index in [2.05, 4.69) is 11.1 Å². The number of carbonyl (C=O) groups excluding carboxylic acids is 1. The highest BCUT2D eigenvalue weighted by Gasteiger charge is 2.24. The highest BCUT2D eigenvalue weighted by Crippen LogP contribution is 2.30. The molecule has 7 heteroatoms. The predicted octanol–water partition coefficient (Wildman–Crippen LogP) is 3.20. The van der Waals surface area contributed by atoms with Crippen LogP contribution in [-0.2, 0) is 4.74 Å². The highest BCUT2D eigenvalue weighted by atomic mass is 16.5. The zero-order chi connectivity index (χ0) is 18.4. The molecular weight excluding hydrogens is 322 g/mol. The topological polar surface area (TPSA) is 97.4 Å². The lowest BCUT2D eigenvalue weighted by Crippen LogP contribution is -2.12. The number of carbonyl (C=O) groups is 1. The van der Waals surface area contributed by atoms with Gasteiger partial charge in [-0.25, -0.2) is 9.78 Å². The fraction of sp³-hybridized carbons (Fsp3) is 0.389. The number of ether oxygens (including phenoxy) is 2. The van der Waals surface area contributed by atoms with Gasteiger partial charge in [0.1, 0.15) is 5.75 Å². The van der Waals surface area contributed by atoms with E-state index >= 15 is 0 Å². The Labute approximate surface area is 146 Å². The van der Waals surface area contributed by atoms with E-state index in [0.717, 1.165) is 4.73 Å². The van der Waals surface area contributed by atoms with Crippen LogP contribution in [0.15, 0.2) is 24.3 Å². The summed E-state index contributed by atoms with van der Waals surface area (Å²) in [5.74, 6) is 0.151. The molecule has 0 aliphatic carbocycles. The van der Waals surface area contributed by atoms with E-state index in [1.165, 1.54) is 0 Å². The third kappa shape index (κ3) is 4.10. The lowest BCUT2D eigenvalue weighted by molar-refractivity contribution is 0.0476. The maximum Gasteiger partial charge on any atom is 0.360 e. The van der Waals surface area contributed by atoms with E-state index in [1.54, 1.807) is 38.1 Å². The van der Waals surface area contributed by atoms with Gasteiger partial charge in [-0.2, -0.15) is 9.99 Å². The van der Waals surface area contributed by atoms with Gasteiger partial charge in [-0.1, -0.05) is 19.1 Å². The number of nitrogens with zero attached hydrogens (tertiary/aromatic N) is 3. The van der Waals surface area contributed by atoms with Crippen molar-refractivity contribution in [3.05, 3.63) is 35.7 Å². The van der Waals surface area contributed by atoms with Crippen LogP contribution in [0, 0.1) is 24.2 Å². The van der Waals surface area contributed by atoms with Gasteiger partial charge >= 0.3 is 5.97 Å². The molecule has 0 aliphatic rings. The van der Waals surface area contributed by atoms with Gasteiger partial charge in [-0.15, -0.1) is 0 Å². The molecule has 0 spiro atoms. The molecule has 0 bridgehead atoms. The molecule has 25 heavy (non-hydrogen) atoms. The van der Waals surface area contributed by atoms with Crippen LogP contribution < -0.4 is 4.74 Å². The highest BCUT2D eigenvalue weighted by molar-refractivity contribution is 5.90. The molecule has 0 amide bonds. The molecule has 1 unspecified atom stereocenters. The Morgan fingerprint density at radius 2 is 2.16 bits per heavy atom. The molecule has 1 atom stereocenters. The molecule has 1 aromatic carbocycles. The van der Waals surface area contributed by atoms with E-state index in [1.807, 2.05) is 6.92 Å². The average Bonchev–Trinajstić information content (AvgIpc) is 2.88. The molecule has 0 fully saturated rings. The molecule has 0 aliphatic heterocycles. The summed E-state index contributed by atoms with van der Waals surface area (Å²) in [6, 6.07) is 9.19. The number of benzene rings is 1. The van der Waals surface area contributed by atoms with Crippen molar-refractivity contribution >= 4 is 5.97 Å². The van der Waals surface area contributed by atoms with Gasteiger partial charge in [0, 0.05) is 12.3 Å². The van der Waals surface area contributed by atoms with E-state index < -0.39 is 5.97 Å². The Morgan fingerprint density at radius 1 is 1.44 bits per heavy atom. The van der Waals surface area contributed by atoms with Crippen molar-refractivity contribution in [1.29, 1.82) is 5.26 Å². The van der Waals surface area contributed by atoms with Crippen LogP contribution >= 0.6 is 0 Å². The summed E-state index contributed by atoms with van der Waals surface area (Å²) in [6.07, 6.45) is 0.392. The van der Waals surface area contributed by atoms with Crippen LogP contribution in [0.5, 0.6) is 5.75 Å². The summed E-state index contributed by atoms with van der Waals surface area (Å²) in [5.41, 5.74) is 0.904. The summed E-state index contributed by atoms with van der Waals surface area (Å²) in [5, 5.41) is 19.1. The molecular formula is C18H21N3O4. The van der Waals surface area contributed by atoms with Gasteiger partial charge in [0.2, 0.25) is 0 Å². The van der Waals surface area contributed by atoms with Gasteiger partial charge in [-0.3, -0.25) is 0 Å². The maximum atomic E-state index is 12.0. The van der Waals surface area contributed by atoms with Gasteiger partial charge in [-0.05, 0) is 26.0 Å². The molecule has 0 radical (unpaired) electrons. The smallest absolute Gasteiger partial charge is 0.360 e. The van der Waals surface area contributed by atoms with E-state index in [0.29, 0.717) is 30.0 Å². The molecule has 2 rings (SSSR count). The largest absolute Gasteiger partial charge is 0.493 e. The zero-order valence-electron chi connectivity index (χ0n) is 14.5. The Bertz CT molecular complexity index is 792. The number of hydrogen-bond acceptors (Lipinski definition) is 6. The van der Waals surface area contributed by atoms with E-state index in [4.69, 9.17) is 14.7 Å². The van der Waals surface area contributed by atoms with Crippen LogP contribution in [0.4, 0.5) is 0 Å². The lowest BCUT2D eigenvalue weighted by Gasteiger charge is -2.13. The van der Waals surface area contributed by atoms with Gasteiger partial charge in [0.25, 0.3) is 0 Å². The number of para-hydroxylation sites is 1. The van der Waals surface area contributed by atoms with Gasteiger partial charge < -0.3 is 14.7 Å². The van der Waals surface area contributed by atoms with Crippen LogP contribution in [-0.4, -0.2) is 34.1 Å². The molecule has 0 saturated heterocycles. The number of imidazole rings is 1. The number of hydrogen-bond donors (Lipinski definition) is 1. The summed E-state index contributed by atoms with van der Waals surface area (Å²) in [7, 11) is 0. The van der Waals surface area contributed by atoms with Crippen LogP contribution in [0.1, 0.15) is 36.5 Å². The third-order valence-electron chi connectivity index (χ3n) is 3.59. The van der Waals surface area contributed by atoms with Crippen LogP contribution in [0.3, 0.4) is 0 Å². The second-order valence-electron chi connectivity index (χ2n) is 5.68. The Kier molecular flexibility index (Phi) is 6.01. The normalized spacial score (nSPS) is 11.6. The van der Waals surface area contributed by atoms with Crippen LogP contribution in [0.25, 0.3) is 11.4 Å². The summed E-state index contributed by atoms with van der Waals surface area (Å²) < 4.78 is 11.5. The maximum absolute atomic E-state index is 12.0. The zero-order valence-corrected chi connectivity index (χ0v) is 14.5. The second kappa shape index (κ2) is 8.20. The van der Waals surface area contributed by atoms with Crippen molar-refractivity contribution in [2.24, 2.45) is 5.92 Å².